The molecular formula is C14H14FNO3. The molecule has 3 N–H and O–H groups in total. The summed E-state index contributed by atoms with van der Waals surface area (Å²) in [6.45, 7) is 1.46. The summed E-state index contributed by atoms with van der Waals surface area (Å²) in [6.07, 6.45) is 1.52. The molecule has 2 rings (SSSR count). The molecule has 0 spiro atoms. The minimum Gasteiger partial charge on any atom is -0.481 e. The summed E-state index contributed by atoms with van der Waals surface area (Å²) in [5.74, 6) is -1.26. The van der Waals surface area contributed by atoms with Gasteiger partial charge < -0.3 is 15.3 Å². The second kappa shape index (κ2) is 4.76. The first kappa shape index (κ1) is 13.1. The highest BCUT2D eigenvalue weighted by molar-refractivity contribution is 5.81. The van der Waals surface area contributed by atoms with Crippen molar-refractivity contribution >= 4 is 11.7 Å². The molecule has 19 heavy (non-hydrogen) atoms. The predicted octanol–water partition coefficient (Wildman–Crippen LogP) is 2.59. The second-order valence-electron chi connectivity index (χ2n) is 4.63. The number of nitrogens with two attached hydrogens (primary N) is 1. The Morgan fingerprint density at radius 1 is 1.47 bits per heavy atom. The second-order valence-corrected chi connectivity index (χ2v) is 4.63. The fourth-order valence-corrected chi connectivity index (χ4v) is 2.03. The first-order chi connectivity index (χ1) is 8.93. The molecule has 0 radical (unpaired) electrons. The van der Waals surface area contributed by atoms with Crippen LogP contribution in [0, 0.1) is 5.82 Å². The molecule has 1 heterocycles. The van der Waals surface area contributed by atoms with E-state index in [0.29, 0.717) is 5.76 Å². The molecule has 1 atom stereocenters. The lowest BCUT2D eigenvalue weighted by Gasteiger charge is -2.25. The van der Waals surface area contributed by atoms with E-state index in [4.69, 9.17) is 10.2 Å². The van der Waals surface area contributed by atoms with Crippen LogP contribution < -0.4 is 5.73 Å². The summed E-state index contributed by atoms with van der Waals surface area (Å²) in [5, 5.41) is 9.44. The largest absolute Gasteiger partial charge is 0.481 e. The van der Waals surface area contributed by atoms with E-state index in [1.807, 2.05) is 0 Å². The number of furan rings is 1. The van der Waals surface area contributed by atoms with Crippen molar-refractivity contribution in [2.75, 3.05) is 5.73 Å². The molecule has 0 bridgehead atoms. The molecule has 5 heteroatoms. The molecule has 1 aromatic heterocycles. The molecule has 4 nitrogen and oxygen atoms in total. The standard InChI is InChI=1S/C14H14FNO3/c1-14(13(17)18,8-10-3-2-6-19-10)11-5-4-9(16)7-12(11)15/h2-7H,8,16H2,1H3,(H,17,18). The number of carboxylic acid groups (broad SMARTS) is 1. The van der Waals surface area contributed by atoms with Crippen LogP contribution >= 0.6 is 0 Å². The number of aliphatic carboxylic acids is 1. The highest BCUT2D eigenvalue weighted by Crippen LogP contribution is 2.31. The Labute approximate surface area is 109 Å². The van der Waals surface area contributed by atoms with Crippen molar-refractivity contribution in [2.24, 2.45) is 0 Å². The lowest BCUT2D eigenvalue weighted by atomic mass is 9.78. The summed E-state index contributed by atoms with van der Waals surface area (Å²) in [5.41, 5.74) is 4.41. The van der Waals surface area contributed by atoms with Gasteiger partial charge in [-0.15, -0.1) is 0 Å². The van der Waals surface area contributed by atoms with Crippen LogP contribution in [0.15, 0.2) is 41.0 Å². The third kappa shape index (κ3) is 2.45. The van der Waals surface area contributed by atoms with E-state index < -0.39 is 17.2 Å². The van der Waals surface area contributed by atoms with E-state index in [0.717, 1.165) is 6.07 Å². The molecule has 0 aliphatic heterocycles. The van der Waals surface area contributed by atoms with Gasteiger partial charge in [-0.2, -0.15) is 0 Å². The van der Waals surface area contributed by atoms with Gasteiger partial charge in [-0.05, 0) is 31.2 Å². The topological polar surface area (TPSA) is 76.5 Å². The van der Waals surface area contributed by atoms with Crippen LogP contribution in [0.4, 0.5) is 10.1 Å². The van der Waals surface area contributed by atoms with Gasteiger partial charge in [-0.25, -0.2) is 4.39 Å². The Kier molecular flexibility index (Phi) is 3.29. The van der Waals surface area contributed by atoms with E-state index in [1.165, 1.54) is 25.3 Å². The average molecular weight is 263 g/mol. The molecule has 0 saturated carbocycles. The molecule has 2 aromatic rings. The highest BCUT2D eigenvalue weighted by atomic mass is 19.1. The predicted molar refractivity (Wildman–Crippen MR) is 68.2 cm³/mol. The van der Waals surface area contributed by atoms with E-state index >= 15 is 0 Å². The Bertz CT molecular complexity index is 595. The smallest absolute Gasteiger partial charge is 0.314 e. The van der Waals surface area contributed by atoms with Crippen LogP contribution in [0.2, 0.25) is 0 Å². The number of halogens is 1. The molecule has 1 aromatic carbocycles. The third-order valence-electron chi connectivity index (χ3n) is 3.17. The number of hydrogen-bond acceptors (Lipinski definition) is 3. The molecular weight excluding hydrogens is 249 g/mol. The van der Waals surface area contributed by atoms with E-state index in [1.54, 1.807) is 12.1 Å². The zero-order chi connectivity index (χ0) is 14.0. The summed E-state index contributed by atoms with van der Waals surface area (Å²) >= 11 is 0. The van der Waals surface area contributed by atoms with Gasteiger partial charge in [0.05, 0.1) is 11.7 Å². The average Bonchev–Trinajstić information content (AvgIpc) is 2.81. The Balaban J connectivity index is 2.47. The third-order valence-corrected chi connectivity index (χ3v) is 3.17. The van der Waals surface area contributed by atoms with Crippen molar-refractivity contribution in [1.82, 2.24) is 0 Å². The summed E-state index contributed by atoms with van der Waals surface area (Å²) in [6, 6.07) is 7.34. The normalized spacial score (nSPS) is 14.0. The van der Waals surface area contributed by atoms with Crippen LogP contribution in [0.1, 0.15) is 18.2 Å². The van der Waals surface area contributed by atoms with Gasteiger partial charge in [0.1, 0.15) is 11.6 Å². The molecule has 0 aliphatic rings. The van der Waals surface area contributed by atoms with Crippen molar-refractivity contribution < 1.29 is 18.7 Å². The van der Waals surface area contributed by atoms with Gasteiger partial charge in [0.2, 0.25) is 0 Å². The van der Waals surface area contributed by atoms with Crippen LogP contribution in [0.3, 0.4) is 0 Å². The molecule has 100 valence electrons. The minimum absolute atomic E-state index is 0.0656. The SMILES string of the molecule is CC(Cc1ccco1)(C(=O)O)c1ccc(N)cc1F. The Morgan fingerprint density at radius 2 is 2.21 bits per heavy atom. The fraction of sp³-hybridized carbons (Fsp3) is 0.214. The quantitative estimate of drug-likeness (QED) is 0.831. The molecule has 1 unspecified atom stereocenters. The van der Waals surface area contributed by atoms with Crippen molar-refractivity contribution in [1.29, 1.82) is 0 Å². The molecule has 0 fully saturated rings. The van der Waals surface area contributed by atoms with Gasteiger partial charge in [0.15, 0.2) is 0 Å². The zero-order valence-electron chi connectivity index (χ0n) is 10.4. The summed E-state index contributed by atoms with van der Waals surface area (Å²) in [4.78, 5) is 11.5. The maximum atomic E-state index is 14.0. The maximum Gasteiger partial charge on any atom is 0.314 e. The van der Waals surface area contributed by atoms with E-state index in [9.17, 15) is 14.3 Å². The Morgan fingerprint density at radius 3 is 2.74 bits per heavy atom. The number of hydrogen-bond donors (Lipinski definition) is 2. The monoisotopic (exact) mass is 263 g/mol. The molecule has 0 amide bonds. The van der Waals surface area contributed by atoms with E-state index in [2.05, 4.69) is 0 Å². The number of rotatable bonds is 4. The number of carbonyl (C=O) groups is 1. The number of benzene rings is 1. The maximum absolute atomic E-state index is 14.0. The summed E-state index contributed by atoms with van der Waals surface area (Å²) in [7, 11) is 0. The van der Waals surface area contributed by atoms with Gasteiger partial charge in [0.25, 0.3) is 0 Å². The highest BCUT2D eigenvalue weighted by Gasteiger charge is 2.38. The lowest BCUT2D eigenvalue weighted by molar-refractivity contribution is -0.143. The van der Waals surface area contributed by atoms with Gasteiger partial charge >= 0.3 is 5.97 Å². The van der Waals surface area contributed by atoms with Gasteiger partial charge in [-0.1, -0.05) is 6.07 Å². The molecule has 0 saturated heterocycles. The van der Waals surface area contributed by atoms with Gasteiger partial charge in [0, 0.05) is 17.7 Å². The van der Waals surface area contributed by atoms with Crippen LogP contribution in [-0.2, 0) is 16.6 Å². The first-order valence-corrected chi connectivity index (χ1v) is 5.75. The number of carboxylic acids is 1. The first-order valence-electron chi connectivity index (χ1n) is 5.75. The number of anilines is 1. The van der Waals surface area contributed by atoms with Crippen molar-refractivity contribution in [3.05, 3.63) is 53.7 Å². The van der Waals surface area contributed by atoms with Crippen molar-refractivity contribution in [3.8, 4) is 0 Å². The zero-order valence-corrected chi connectivity index (χ0v) is 10.4. The van der Waals surface area contributed by atoms with Crippen molar-refractivity contribution in [2.45, 2.75) is 18.8 Å². The van der Waals surface area contributed by atoms with Crippen molar-refractivity contribution in [3.63, 3.8) is 0 Å². The summed E-state index contributed by atoms with van der Waals surface area (Å²) < 4.78 is 19.1. The van der Waals surface area contributed by atoms with Gasteiger partial charge in [-0.3, -0.25) is 4.79 Å². The van der Waals surface area contributed by atoms with E-state index in [-0.39, 0.29) is 17.7 Å². The molecule has 0 aliphatic carbocycles. The lowest BCUT2D eigenvalue weighted by Crippen LogP contribution is -2.35. The minimum atomic E-state index is -1.41. The van der Waals surface area contributed by atoms with Crippen LogP contribution in [0.5, 0.6) is 0 Å². The van der Waals surface area contributed by atoms with Crippen LogP contribution in [-0.4, -0.2) is 11.1 Å². The number of nitrogen functional groups attached to an aromatic ring is 1. The fourth-order valence-electron chi connectivity index (χ4n) is 2.03. The Hall–Kier alpha value is -2.30. The van der Waals surface area contributed by atoms with Crippen LogP contribution in [0.25, 0.3) is 0 Å².